The van der Waals surface area contributed by atoms with E-state index in [0.717, 1.165) is 11.3 Å². The van der Waals surface area contributed by atoms with Crippen molar-refractivity contribution in [3.63, 3.8) is 0 Å². The standard InChI is InChI=1S/C19H17BrFN3O/c1-13-16(11-22-24(13)12-14-6-4-3-5-7-14)19(25)23(2)18-9-8-15(20)10-17(18)21/h3-11H,12H2,1-2H3. The van der Waals surface area contributed by atoms with Crippen LogP contribution in [0.2, 0.25) is 0 Å². The van der Waals surface area contributed by atoms with E-state index in [1.807, 2.05) is 37.3 Å². The summed E-state index contributed by atoms with van der Waals surface area (Å²) in [7, 11) is 1.56. The maximum Gasteiger partial charge on any atom is 0.261 e. The molecule has 25 heavy (non-hydrogen) atoms. The molecule has 0 bridgehead atoms. The van der Waals surface area contributed by atoms with Crippen molar-refractivity contribution in [2.75, 3.05) is 11.9 Å². The maximum atomic E-state index is 14.1. The average molecular weight is 402 g/mol. The van der Waals surface area contributed by atoms with Crippen LogP contribution in [-0.2, 0) is 6.54 Å². The van der Waals surface area contributed by atoms with E-state index in [9.17, 15) is 9.18 Å². The molecule has 4 nitrogen and oxygen atoms in total. The molecule has 0 N–H and O–H groups in total. The van der Waals surface area contributed by atoms with Gasteiger partial charge in [0.1, 0.15) is 5.82 Å². The zero-order valence-corrected chi connectivity index (χ0v) is 15.5. The number of carbonyl (C=O) groups is 1. The van der Waals surface area contributed by atoms with Gasteiger partial charge in [0.2, 0.25) is 0 Å². The van der Waals surface area contributed by atoms with E-state index in [2.05, 4.69) is 21.0 Å². The molecule has 0 atom stereocenters. The number of anilines is 1. The Hall–Kier alpha value is -2.47. The van der Waals surface area contributed by atoms with Gasteiger partial charge in [-0.2, -0.15) is 5.10 Å². The van der Waals surface area contributed by atoms with Crippen molar-refractivity contribution in [2.45, 2.75) is 13.5 Å². The predicted octanol–water partition coefficient (Wildman–Crippen LogP) is 4.42. The summed E-state index contributed by atoms with van der Waals surface area (Å²) in [4.78, 5) is 14.1. The number of aromatic nitrogens is 2. The molecule has 0 radical (unpaired) electrons. The van der Waals surface area contributed by atoms with Crippen LogP contribution in [0.3, 0.4) is 0 Å². The van der Waals surface area contributed by atoms with Gasteiger partial charge in [0.25, 0.3) is 5.91 Å². The van der Waals surface area contributed by atoms with Crippen molar-refractivity contribution in [2.24, 2.45) is 0 Å². The summed E-state index contributed by atoms with van der Waals surface area (Å²) >= 11 is 3.22. The Morgan fingerprint density at radius 1 is 1.24 bits per heavy atom. The minimum Gasteiger partial charge on any atom is -0.309 e. The molecule has 3 rings (SSSR count). The van der Waals surface area contributed by atoms with Gasteiger partial charge in [-0.25, -0.2) is 4.39 Å². The highest BCUT2D eigenvalue weighted by Gasteiger charge is 2.21. The second-order valence-corrected chi connectivity index (χ2v) is 6.66. The molecule has 1 aromatic heterocycles. The largest absolute Gasteiger partial charge is 0.309 e. The molecule has 0 aliphatic rings. The van der Waals surface area contributed by atoms with Crippen molar-refractivity contribution >= 4 is 27.5 Å². The molecule has 0 spiro atoms. The van der Waals surface area contributed by atoms with Crippen LogP contribution in [0.15, 0.2) is 59.2 Å². The van der Waals surface area contributed by atoms with Crippen molar-refractivity contribution in [3.8, 4) is 0 Å². The van der Waals surface area contributed by atoms with E-state index < -0.39 is 5.82 Å². The maximum absolute atomic E-state index is 14.1. The molecule has 1 heterocycles. The third kappa shape index (κ3) is 3.64. The Morgan fingerprint density at radius 3 is 2.64 bits per heavy atom. The summed E-state index contributed by atoms with van der Waals surface area (Å²) in [5.41, 5.74) is 2.53. The van der Waals surface area contributed by atoms with Gasteiger partial charge in [0.05, 0.1) is 24.0 Å². The molecular weight excluding hydrogens is 385 g/mol. The number of nitrogens with zero attached hydrogens (tertiary/aromatic N) is 3. The summed E-state index contributed by atoms with van der Waals surface area (Å²) < 4.78 is 16.5. The lowest BCUT2D eigenvalue weighted by molar-refractivity contribution is 0.0991. The van der Waals surface area contributed by atoms with Crippen molar-refractivity contribution in [3.05, 3.63) is 81.8 Å². The van der Waals surface area contributed by atoms with Gasteiger partial charge in [0.15, 0.2) is 0 Å². The minimum absolute atomic E-state index is 0.225. The smallest absolute Gasteiger partial charge is 0.261 e. The van der Waals surface area contributed by atoms with E-state index in [-0.39, 0.29) is 11.6 Å². The fourth-order valence-electron chi connectivity index (χ4n) is 2.62. The number of halogens is 2. The number of hydrogen-bond donors (Lipinski definition) is 0. The first kappa shape index (κ1) is 17.4. The van der Waals surface area contributed by atoms with Gasteiger partial charge >= 0.3 is 0 Å². The van der Waals surface area contributed by atoms with Gasteiger partial charge in [-0.1, -0.05) is 46.3 Å². The van der Waals surface area contributed by atoms with E-state index in [0.29, 0.717) is 16.6 Å². The Bertz CT molecular complexity index is 908. The Morgan fingerprint density at radius 2 is 1.96 bits per heavy atom. The molecule has 0 saturated heterocycles. The quantitative estimate of drug-likeness (QED) is 0.648. The fraction of sp³-hybridized carbons (Fsp3) is 0.158. The molecular formula is C19H17BrFN3O. The lowest BCUT2D eigenvalue weighted by atomic mass is 10.2. The highest BCUT2D eigenvalue weighted by Crippen LogP contribution is 2.24. The van der Waals surface area contributed by atoms with E-state index in [4.69, 9.17) is 0 Å². The highest BCUT2D eigenvalue weighted by atomic mass is 79.9. The molecule has 0 aliphatic heterocycles. The highest BCUT2D eigenvalue weighted by molar-refractivity contribution is 9.10. The topological polar surface area (TPSA) is 38.1 Å². The Kier molecular flexibility index (Phi) is 4.99. The zero-order valence-electron chi connectivity index (χ0n) is 13.9. The molecule has 0 fully saturated rings. The van der Waals surface area contributed by atoms with Gasteiger partial charge in [-0.15, -0.1) is 0 Å². The van der Waals surface area contributed by atoms with Crippen LogP contribution >= 0.6 is 15.9 Å². The monoisotopic (exact) mass is 401 g/mol. The van der Waals surface area contributed by atoms with Crippen molar-refractivity contribution in [1.29, 1.82) is 0 Å². The molecule has 128 valence electrons. The molecule has 0 unspecified atom stereocenters. The van der Waals surface area contributed by atoms with Crippen LogP contribution < -0.4 is 4.90 Å². The lowest BCUT2D eigenvalue weighted by Crippen LogP contribution is -2.27. The van der Waals surface area contributed by atoms with Crippen LogP contribution in [-0.4, -0.2) is 22.7 Å². The van der Waals surface area contributed by atoms with Crippen LogP contribution in [0.4, 0.5) is 10.1 Å². The van der Waals surface area contributed by atoms with E-state index in [1.165, 1.54) is 17.2 Å². The number of amides is 1. The first-order chi connectivity index (χ1) is 12.0. The minimum atomic E-state index is -0.459. The van der Waals surface area contributed by atoms with Crippen LogP contribution in [0, 0.1) is 12.7 Å². The van der Waals surface area contributed by atoms with Gasteiger partial charge in [-0.05, 0) is 30.7 Å². The molecule has 2 aromatic carbocycles. The number of rotatable bonds is 4. The van der Waals surface area contributed by atoms with Gasteiger partial charge < -0.3 is 4.90 Å². The summed E-state index contributed by atoms with van der Waals surface area (Å²) in [5, 5.41) is 4.31. The molecule has 3 aromatic rings. The van der Waals surface area contributed by atoms with E-state index in [1.54, 1.807) is 23.9 Å². The molecule has 0 aliphatic carbocycles. The van der Waals surface area contributed by atoms with Crippen molar-refractivity contribution < 1.29 is 9.18 Å². The van der Waals surface area contributed by atoms with Crippen LogP contribution in [0.1, 0.15) is 21.6 Å². The molecule has 0 saturated carbocycles. The fourth-order valence-corrected chi connectivity index (χ4v) is 2.95. The molecule has 6 heteroatoms. The zero-order chi connectivity index (χ0) is 18.0. The second kappa shape index (κ2) is 7.19. The lowest BCUT2D eigenvalue weighted by Gasteiger charge is -2.18. The first-order valence-corrected chi connectivity index (χ1v) is 8.56. The third-order valence-electron chi connectivity index (χ3n) is 4.08. The van der Waals surface area contributed by atoms with Gasteiger partial charge in [-0.3, -0.25) is 9.48 Å². The Balaban J connectivity index is 1.85. The second-order valence-electron chi connectivity index (χ2n) is 5.75. The molecule has 1 amide bonds. The number of hydrogen-bond acceptors (Lipinski definition) is 2. The average Bonchev–Trinajstić information content (AvgIpc) is 2.95. The van der Waals surface area contributed by atoms with Gasteiger partial charge in [0, 0.05) is 17.2 Å². The summed E-state index contributed by atoms with van der Waals surface area (Å²) in [6, 6.07) is 14.5. The first-order valence-electron chi connectivity index (χ1n) is 7.77. The number of benzene rings is 2. The number of carbonyl (C=O) groups excluding carboxylic acids is 1. The summed E-state index contributed by atoms with van der Waals surface area (Å²) in [6.07, 6.45) is 1.54. The third-order valence-corrected chi connectivity index (χ3v) is 4.58. The predicted molar refractivity (Wildman–Crippen MR) is 99.3 cm³/mol. The van der Waals surface area contributed by atoms with Crippen molar-refractivity contribution in [1.82, 2.24) is 9.78 Å². The van der Waals surface area contributed by atoms with E-state index >= 15 is 0 Å². The SMILES string of the molecule is Cc1c(C(=O)N(C)c2ccc(Br)cc2F)cnn1Cc1ccccc1. The summed E-state index contributed by atoms with van der Waals surface area (Å²) in [6.45, 7) is 2.42. The normalized spacial score (nSPS) is 10.7. The summed E-state index contributed by atoms with van der Waals surface area (Å²) in [5.74, 6) is -0.752. The van der Waals surface area contributed by atoms with Crippen LogP contribution in [0.5, 0.6) is 0 Å². The van der Waals surface area contributed by atoms with Crippen LogP contribution in [0.25, 0.3) is 0 Å². The Labute approximate surface area is 154 Å².